The summed E-state index contributed by atoms with van der Waals surface area (Å²) in [5.74, 6) is 0.840. The molecule has 0 amide bonds. The van der Waals surface area contributed by atoms with E-state index in [2.05, 4.69) is 97.1 Å². The normalized spacial score (nSPS) is 29.9. The molecule has 11 rings (SSSR count). The Hall–Kier alpha value is -3.45. The molecule has 1 saturated carbocycles. The van der Waals surface area contributed by atoms with Crippen molar-refractivity contribution in [2.45, 2.75) is 35.5 Å². The van der Waals surface area contributed by atoms with Crippen LogP contribution in [0.5, 0.6) is 0 Å². The Balaban J connectivity index is 1.71. The highest BCUT2D eigenvalue weighted by molar-refractivity contribution is 6.03. The van der Waals surface area contributed by atoms with Crippen molar-refractivity contribution in [2.75, 3.05) is 0 Å². The molecule has 0 saturated heterocycles. The van der Waals surface area contributed by atoms with E-state index in [9.17, 15) is 4.79 Å². The first kappa shape index (κ1) is 17.1. The molecule has 0 aromatic heterocycles. The molecular formula is C31H22O. The molecule has 1 fully saturated rings. The highest BCUT2D eigenvalue weighted by Crippen LogP contribution is 2.72. The first-order chi connectivity index (χ1) is 15.8. The van der Waals surface area contributed by atoms with Crippen molar-refractivity contribution in [1.82, 2.24) is 0 Å². The first-order valence-electron chi connectivity index (χ1n) is 11.7. The summed E-state index contributed by atoms with van der Waals surface area (Å²) in [5, 5.41) is 0. The maximum atomic E-state index is 14.4. The standard InChI is InChI=1S/C31H22O/c32-27-17-18-30-23-13-5-1-9-19(23)28(20-10-2-6-14-24(20)30)29-21-11-3-7-15-25(21)31(27,30)26-16-8-4-12-22(26)29/h1-16,28-29H,17-18H2/t28?,29-,30?,31-. The quantitative estimate of drug-likeness (QED) is 0.336. The minimum Gasteiger partial charge on any atom is -0.298 e. The Morgan fingerprint density at radius 1 is 0.531 bits per heavy atom. The van der Waals surface area contributed by atoms with Gasteiger partial charge in [0.05, 0.1) is 5.41 Å². The third-order valence-corrected chi connectivity index (χ3v) is 9.03. The van der Waals surface area contributed by atoms with E-state index in [-0.39, 0.29) is 17.3 Å². The van der Waals surface area contributed by atoms with E-state index >= 15 is 0 Å². The summed E-state index contributed by atoms with van der Waals surface area (Å²) in [5.41, 5.74) is 9.74. The molecule has 152 valence electrons. The third kappa shape index (κ3) is 1.56. The monoisotopic (exact) mass is 410 g/mol. The molecule has 0 aliphatic heterocycles. The van der Waals surface area contributed by atoms with Gasteiger partial charge < -0.3 is 0 Å². The van der Waals surface area contributed by atoms with E-state index in [1.165, 1.54) is 44.5 Å². The number of hydrogen-bond acceptors (Lipinski definition) is 1. The van der Waals surface area contributed by atoms with Gasteiger partial charge in [0.25, 0.3) is 0 Å². The fraction of sp³-hybridized carbons (Fsp3) is 0.194. The van der Waals surface area contributed by atoms with E-state index in [1.807, 2.05) is 0 Å². The lowest BCUT2D eigenvalue weighted by Gasteiger charge is -2.59. The molecule has 2 spiro atoms. The van der Waals surface area contributed by atoms with E-state index in [1.54, 1.807) is 0 Å². The maximum Gasteiger partial charge on any atom is 0.149 e. The van der Waals surface area contributed by atoms with Crippen LogP contribution in [-0.2, 0) is 15.6 Å². The fourth-order valence-corrected chi connectivity index (χ4v) is 8.22. The zero-order valence-corrected chi connectivity index (χ0v) is 17.7. The van der Waals surface area contributed by atoms with Crippen molar-refractivity contribution in [3.8, 4) is 0 Å². The number of rotatable bonds is 0. The number of ketones is 1. The summed E-state index contributed by atoms with van der Waals surface area (Å²) in [7, 11) is 0. The van der Waals surface area contributed by atoms with Crippen LogP contribution in [-0.4, -0.2) is 5.78 Å². The van der Waals surface area contributed by atoms with Gasteiger partial charge in [-0.15, -0.1) is 0 Å². The smallest absolute Gasteiger partial charge is 0.149 e. The Morgan fingerprint density at radius 3 is 1.38 bits per heavy atom. The minimum atomic E-state index is -0.672. The van der Waals surface area contributed by atoms with Crippen molar-refractivity contribution in [1.29, 1.82) is 0 Å². The van der Waals surface area contributed by atoms with Gasteiger partial charge in [-0.25, -0.2) is 0 Å². The average molecular weight is 411 g/mol. The molecule has 0 radical (unpaired) electrons. The largest absolute Gasteiger partial charge is 0.298 e. The summed E-state index contributed by atoms with van der Waals surface area (Å²) < 4.78 is 0. The second kappa shape index (κ2) is 5.48. The van der Waals surface area contributed by atoms with Gasteiger partial charge in [0.2, 0.25) is 0 Å². The van der Waals surface area contributed by atoms with Crippen LogP contribution in [0.4, 0.5) is 0 Å². The third-order valence-electron chi connectivity index (χ3n) is 9.03. The highest BCUT2D eigenvalue weighted by atomic mass is 16.1. The van der Waals surface area contributed by atoms with E-state index in [0.29, 0.717) is 12.2 Å². The SMILES string of the molecule is O=C1CCC23c4ccccc4C(c4ccccc42)[C@H]2c4ccccc4[C@]13c1ccccc12. The summed E-state index contributed by atoms with van der Waals surface area (Å²) >= 11 is 0. The lowest BCUT2D eigenvalue weighted by molar-refractivity contribution is -0.121. The molecule has 0 unspecified atom stereocenters. The van der Waals surface area contributed by atoms with Gasteiger partial charge in [-0.3, -0.25) is 4.79 Å². The van der Waals surface area contributed by atoms with Crippen molar-refractivity contribution < 1.29 is 4.79 Å². The van der Waals surface area contributed by atoms with Gasteiger partial charge in [-0.1, -0.05) is 97.1 Å². The zero-order valence-electron chi connectivity index (χ0n) is 17.7. The van der Waals surface area contributed by atoms with Crippen molar-refractivity contribution in [3.63, 3.8) is 0 Å². The van der Waals surface area contributed by atoms with Crippen LogP contribution in [0.1, 0.15) is 69.2 Å². The molecule has 1 nitrogen and oxygen atoms in total. The number of carbonyl (C=O) groups is 1. The Bertz CT molecular complexity index is 1380. The fourth-order valence-electron chi connectivity index (χ4n) is 8.22. The van der Waals surface area contributed by atoms with Crippen LogP contribution >= 0.6 is 0 Å². The number of Topliss-reactive ketones (excluding diaryl/α,β-unsaturated/α-hetero) is 1. The van der Waals surface area contributed by atoms with Gasteiger partial charge in [0.15, 0.2) is 0 Å². The molecule has 1 heteroatoms. The molecule has 0 atom stereocenters. The summed E-state index contributed by atoms with van der Waals surface area (Å²) in [6.45, 7) is 0. The van der Waals surface area contributed by atoms with Crippen LogP contribution in [0.15, 0.2) is 97.1 Å². The van der Waals surface area contributed by atoms with Crippen LogP contribution in [0.25, 0.3) is 0 Å². The molecular weight excluding hydrogens is 388 g/mol. The topological polar surface area (TPSA) is 17.1 Å². The molecule has 7 aliphatic rings. The highest BCUT2D eigenvalue weighted by Gasteiger charge is 2.70. The first-order valence-corrected chi connectivity index (χ1v) is 11.7. The summed E-state index contributed by atoms with van der Waals surface area (Å²) in [6, 6.07) is 35.7. The van der Waals surface area contributed by atoms with Gasteiger partial charge >= 0.3 is 0 Å². The second-order valence-corrected chi connectivity index (χ2v) is 9.88. The van der Waals surface area contributed by atoms with Crippen LogP contribution in [0.2, 0.25) is 0 Å². The molecule has 4 aromatic rings. The lowest BCUT2D eigenvalue weighted by atomic mass is 9.42. The molecule has 4 bridgehead atoms. The maximum absolute atomic E-state index is 14.4. The number of benzene rings is 4. The minimum absolute atomic E-state index is 0.210. The van der Waals surface area contributed by atoms with Crippen LogP contribution in [0, 0.1) is 0 Å². The predicted octanol–water partition coefficient (Wildman–Crippen LogP) is 6.23. The van der Waals surface area contributed by atoms with Gasteiger partial charge in [-0.05, 0) is 50.9 Å². The van der Waals surface area contributed by atoms with Crippen LogP contribution in [0.3, 0.4) is 0 Å². The average Bonchev–Trinajstić information content (AvgIpc) is 3.12. The zero-order chi connectivity index (χ0) is 21.1. The summed E-state index contributed by atoms with van der Waals surface area (Å²) in [6.07, 6.45) is 1.47. The van der Waals surface area contributed by atoms with E-state index < -0.39 is 5.41 Å². The molecule has 4 aromatic carbocycles. The van der Waals surface area contributed by atoms with Crippen molar-refractivity contribution in [2.24, 2.45) is 0 Å². The van der Waals surface area contributed by atoms with E-state index in [4.69, 9.17) is 0 Å². The molecule has 0 heterocycles. The molecule has 0 N–H and O–H groups in total. The Labute approximate surface area is 187 Å². The molecule has 7 aliphatic carbocycles. The lowest BCUT2D eigenvalue weighted by Crippen LogP contribution is -2.58. The number of hydrogen-bond donors (Lipinski definition) is 0. The Kier molecular flexibility index (Phi) is 2.93. The van der Waals surface area contributed by atoms with Crippen molar-refractivity contribution >= 4 is 5.78 Å². The van der Waals surface area contributed by atoms with Crippen LogP contribution < -0.4 is 0 Å². The van der Waals surface area contributed by atoms with Gasteiger partial charge in [-0.2, -0.15) is 0 Å². The Morgan fingerprint density at radius 2 is 0.906 bits per heavy atom. The summed E-state index contributed by atoms with van der Waals surface area (Å²) in [4.78, 5) is 14.4. The number of carbonyl (C=O) groups excluding carboxylic acids is 1. The van der Waals surface area contributed by atoms with Gasteiger partial charge in [0.1, 0.15) is 5.78 Å². The van der Waals surface area contributed by atoms with Gasteiger partial charge in [0, 0.05) is 23.7 Å². The second-order valence-electron chi connectivity index (χ2n) is 9.88. The van der Waals surface area contributed by atoms with E-state index in [0.717, 1.165) is 6.42 Å². The predicted molar refractivity (Wildman–Crippen MR) is 125 cm³/mol. The van der Waals surface area contributed by atoms with Crippen molar-refractivity contribution in [3.05, 3.63) is 142 Å². The molecule has 32 heavy (non-hydrogen) atoms.